The topological polar surface area (TPSA) is 36.9 Å². The number of benzene rings is 2. The van der Waals surface area contributed by atoms with E-state index in [9.17, 15) is 0 Å². The molecule has 0 aliphatic rings. The lowest BCUT2D eigenvalue weighted by Crippen LogP contribution is -2.04. The van der Waals surface area contributed by atoms with Gasteiger partial charge in [0.15, 0.2) is 0 Å². The molecule has 0 amide bonds. The molecule has 0 N–H and O–H groups in total. The zero-order chi connectivity index (χ0) is 47.8. The number of hydrogen-bond acceptors (Lipinski definition) is 4. The first-order valence-corrected chi connectivity index (χ1v) is 30.0. The zero-order valence-corrected chi connectivity index (χ0v) is 45.3. The third kappa shape index (κ3) is 36.3. The number of ether oxygens (including phenoxy) is 4. The van der Waals surface area contributed by atoms with Gasteiger partial charge >= 0.3 is 0 Å². The van der Waals surface area contributed by atoms with Crippen molar-refractivity contribution in [2.45, 2.75) is 304 Å². The van der Waals surface area contributed by atoms with Gasteiger partial charge in [0.05, 0.1) is 26.4 Å². The molecule has 0 aromatic heterocycles. The largest absolute Gasteiger partial charge is 0.493 e. The van der Waals surface area contributed by atoms with Gasteiger partial charge in [-0.1, -0.05) is 271 Å². The van der Waals surface area contributed by atoms with Crippen LogP contribution in [0.15, 0.2) is 36.4 Å². The van der Waals surface area contributed by atoms with Gasteiger partial charge in [0.2, 0.25) is 0 Å². The molecule has 388 valence electrons. The Labute approximate surface area is 418 Å². The number of aryl methyl sites for hydroxylation is 2. The molecule has 0 unspecified atom stereocenters. The molecule has 2 aromatic carbocycles. The van der Waals surface area contributed by atoms with Crippen molar-refractivity contribution in [1.29, 1.82) is 0 Å². The minimum Gasteiger partial charge on any atom is -0.493 e. The number of rotatable bonds is 52. The Morgan fingerprint density at radius 2 is 0.463 bits per heavy atom. The Kier molecular flexibility index (Phi) is 42.9. The van der Waals surface area contributed by atoms with Gasteiger partial charge < -0.3 is 18.9 Å². The van der Waals surface area contributed by atoms with Crippen LogP contribution in [0.2, 0.25) is 0 Å². The molecule has 0 saturated heterocycles. The van der Waals surface area contributed by atoms with E-state index in [0.717, 1.165) is 94.4 Å². The highest BCUT2D eigenvalue weighted by Crippen LogP contribution is 2.31. The van der Waals surface area contributed by atoms with Crippen molar-refractivity contribution in [3.05, 3.63) is 47.5 Å². The third-order valence-corrected chi connectivity index (χ3v) is 14.0. The van der Waals surface area contributed by atoms with Gasteiger partial charge in [-0.25, -0.2) is 0 Å². The zero-order valence-electron chi connectivity index (χ0n) is 45.3. The Balaban J connectivity index is 1.94. The molecule has 0 aliphatic heterocycles. The Bertz CT molecular complexity index is 1220. The quantitative estimate of drug-likeness (QED) is 0.0620. The Hall–Kier alpha value is -2.36. The lowest BCUT2D eigenvalue weighted by atomic mass is 10.0. The Morgan fingerprint density at radius 3 is 0.716 bits per heavy atom. The van der Waals surface area contributed by atoms with E-state index >= 15 is 0 Å². The second kappa shape index (κ2) is 47.3. The molecule has 0 radical (unpaired) electrons. The normalized spacial score (nSPS) is 11.4. The van der Waals surface area contributed by atoms with Crippen LogP contribution in [-0.4, -0.2) is 26.4 Å². The van der Waals surface area contributed by atoms with Crippen molar-refractivity contribution in [2.24, 2.45) is 0 Å². The van der Waals surface area contributed by atoms with E-state index in [2.05, 4.69) is 64.1 Å². The van der Waals surface area contributed by atoms with E-state index in [1.807, 2.05) is 0 Å². The minimum atomic E-state index is 0.781. The van der Waals surface area contributed by atoms with Crippen LogP contribution in [0.5, 0.6) is 23.0 Å². The second-order valence-corrected chi connectivity index (χ2v) is 20.5. The van der Waals surface area contributed by atoms with Crippen molar-refractivity contribution >= 4 is 0 Å². The lowest BCUT2D eigenvalue weighted by molar-refractivity contribution is 0.287. The smallest absolute Gasteiger partial charge is 0.126 e. The van der Waals surface area contributed by atoms with Crippen LogP contribution < -0.4 is 18.9 Å². The fourth-order valence-electron chi connectivity index (χ4n) is 9.50. The van der Waals surface area contributed by atoms with Gasteiger partial charge in [-0.2, -0.15) is 0 Å². The molecule has 0 bridgehead atoms. The van der Waals surface area contributed by atoms with Crippen molar-refractivity contribution in [3.8, 4) is 23.0 Å². The van der Waals surface area contributed by atoms with Gasteiger partial charge in [0, 0.05) is 12.1 Å². The first-order valence-electron chi connectivity index (χ1n) is 30.0. The van der Waals surface area contributed by atoms with E-state index < -0.39 is 0 Å². The average Bonchev–Trinajstić information content (AvgIpc) is 3.34. The van der Waals surface area contributed by atoms with Crippen molar-refractivity contribution in [1.82, 2.24) is 0 Å². The third-order valence-electron chi connectivity index (χ3n) is 14.0. The molecule has 4 heteroatoms. The highest BCUT2D eigenvalue weighted by Gasteiger charge is 2.11. The van der Waals surface area contributed by atoms with Crippen molar-refractivity contribution < 1.29 is 18.9 Å². The molecule has 0 atom stereocenters. The van der Waals surface area contributed by atoms with E-state index in [1.165, 1.54) is 242 Å². The summed E-state index contributed by atoms with van der Waals surface area (Å²) in [4.78, 5) is 0. The van der Waals surface area contributed by atoms with E-state index in [-0.39, 0.29) is 0 Å². The number of hydrogen-bond donors (Lipinski definition) is 0. The molecule has 0 spiro atoms. The van der Waals surface area contributed by atoms with Gasteiger partial charge in [-0.05, 0) is 68.2 Å². The van der Waals surface area contributed by atoms with E-state index in [1.54, 1.807) is 0 Å². The summed E-state index contributed by atoms with van der Waals surface area (Å²) in [6.45, 7) is 12.3. The number of unbranched alkanes of at least 4 members (excludes halogenated alkanes) is 36. The van der Waals surface area contributed by atoms with Crippen LogP contribution in [0.1, 0.15) is 302 Å². The molecular weight excluding hydrogens is 821 g/mol. The van der Waals surface area contributed by atoms with Crippen LogP contribution in [0.25, 0.3) is 0 Å². The lowest BCUT2D eigenvalue weighted by Gasteiger charge is -2.16. The SMILES string of the molecule is CCCCCCCCCCCCOc1ccc(CCCc2ccc(OCCCCCCCCCCCC)cc2OCCCCCCCCCCCC)c(OCCCCCCCCCCCC)c1. The highest BCUT2D eigenvalue weighted by molar-refractivity contribution is 5.42. The summed E-state index contributed by atoms with van der Waals surface area (Å²) in [5, 5.41) is 0. The van der Waals surface area contributed by atoms with Crippen LogP contribution in [0.3, 0.4) is 0 Å². The summed E-state index contributed by atoms with van der Waals surface area (Å²) >= 11 is 0. The van der Waals surface area contributed by atoms with E-state index in [4.69, 9.17) is 18.9 Å². The maximum atomic E-state index is 6.59. The van der Waals surface area contributed by atoms with Crippen molar-refractivity contribution in [3.63, 3.8) is 0 Å². The minimum absolute atomic E-state index is 0.781. The molecule has 0 fully saturated rings. The fraction of sp³-hybridized carbons (Fsp3) is 0.810. The summed E-state index contributed by atoms with van der Waals surface area (Å²) in [6.07, 6.45) is 56.5. The molecule has 67 heavy (non-hydrogen) atoms. The fourth-order valence-corrected chi connectivity index (χ4v) is 9.50. The molecule has 0 heterocycles. The first-order chi connectivity index (χ1) is 33.2. The van der Waals surface area contributed by atoms with Gasteiger partial charge in [-0.3, -0.25) is 0 Å². The highest BCUT2D eigenvalue weighted by atomic mass is 16.5. The molecule has 0 saturated carbocycles. The van der Waals surface area contributed by atoms with E-state index in [0.29, 0.717) is 0 Å². The van der Waals surface area contributed by atoms with Crippen LogP contribution in [0, 0.1) is 0 Å². The molecule has 4 nitrogen and oxygen atoms in total. The molecule has 2 rings (SSSR count). The predicted molar refractivity (Wildman–Crippen MR) is 294 cm³/mol. The van der Waals surface area contributed by atoms with Gasteiger partial charge in [0.25, 0.3) is 0 Å². The second-order valence-electron chi connectivity index (χ2n) is 20.5. The average molecular weight is 934 g/mol. The predicted octanol–water partition coefficient (Wildman–Crippen LogP) is 21.1. The standard InChI is InChI=1S/C63H112O4/c1-5-9-13-17-21-25-29-33-37-41-52-64-60-50-48-58(62(56-60)66-54-43-39-35-31-27-23-19-15-11-7-3)46-45-47-59-49-51-61(65-53-42-38-34-30-26-22-18-14-10-6-2)57-63(59)67-55-44-40-36-32-28-24-20-16-12-8-4/h48-51,56-57H,5-47,52-55H2,1-4H3. The summed E-state index contributed by atoms with van der Waals surface area (Å²) in [6, 6.07) is 13.3. The molecule has 0 aliphatic carbocycles. The summed E-state index contributed by atoms with van der Waals surface area (Å²) in [7, 11) is 0. The van der Waals surface area contributed by atoms with Crippen molar-refractivity contribution in [2.75, 3.05) is 26.4 Å². The van der Waals surface area contributed by atoms with Gasteiger partial charge in [-0.15, -0.1) is 0 Å². The van der Waals surface area contributed by atoms with Crippen LogP contribution >= 0.6 is 0 Å². The maximum absolute atomic E-state index is 6.59. The van der Waals surface area contributed by atoms with Crippen LogP contribution in [0.4, 0.5) is 0 Å². The van der Waals surface area contributed by atoms with Crippen LogP contribution in [-0.2, 0) is 12.8 Å². The maximum Gasteiger partial charge on any atom is 0.126 e. The molecular formula is C63H112O4. The first kappa shape index (κ1) is 60.8. The summed E-state index contributed by atoms with van der Waals surface area (Å²) in [5.41, 5.74) is 2.59. The Morgan fingerprint density at radius 1 is 0.239 bits per heavy atom. The molecule has 2 aromatic rings. The monoisotopic (exact) mass is 933 g/mol. The summed E-state index contributed by atoms with van der Waals surface area (Å²) in [5.74, 6) is 3.94. The van der Waals surface area contributed by atoms with Gasteiger partial charge in [0.1, 0.15) is 23.0 Å². The summed E-state index contributed by atoms with van der Waals surface area (Å²) < 4.78 is 25.9.